The first kappa shape index (κ1) is 17.4. The molecule has 1 heterocycles. The van der Waals surface area contributed by atoms with Crippen LogP contribution in [0.2, 0.25) is 0 Å². The lowest BCUT2D eigenvalue weighted by molar-refractivity contribution is -0.141. The highest BCUT2D eigenvalue weighted by atomic mass is 32.2. The minimum absolute atomic E-state index is 0.0448. The smallest absolute Gasteiger partial charge is 0.238 e. The molecule has 1 aromatic heterocycles. The van der Waals surface area contributed by atoms with Crippen LogP contribution in [0.1, 0.15) is 17.2 Å². The van der Waals surface area contributed by atoms with Crippen molar-refractivity contribution in [2.75, 3.05) is 6.54 Å². The third-order valence-electron chi connectivity index (χ3n) is 2.89. The molecule has 2 rings (SSSR count). The van der Waals surface area contributed by atoms with Gasteiger partial charge in [-0.05, 0) is 25.1 Å². The maximum Gasteiger partial charge on any atom is 0.433 e. The van der Waals surface area contributed by atoms with Crippen molar-refractivity contribution in [3.63, 3.8) is 0 Å². The highest BCUT2D eigenvalue weighted by Crippen LogP contribution is 2.27. The molecule has 9 heteroatoms. The third kappa shape index (κ3) is 4.73. The predicted molar refractivity (Wildman–Crippen MR) is 77.1 cm³/mol. The lowest BCUT2D eigenvalue weighted by Crippen LogP contribution is -2.26. The second kappa shape index (κ2) is 6.63. The molecule has 0 bridgehead atoms. The zero-order valence-corrected chi connectivity index (χ0v) is 12.9. The standard InChI is InChI=1S/C14H14F3N3O2S/c1-10-9-12(14(15,16)17)20-13(19-10)7-8-18-23(21,22)11-5-3-2-4-6-11/h2-6,9,18H,7-8H2,1H3. The molecule has 0 aliphatic heterocycles. The summed E-state index contributed by atoms with van der Waals surface area (Å²) in [5, 5.41) is 0. The number of benzene rings is 1. The SMILES string of the molecule is Cc1cc(C(F)(F)F)nc(CCNS(=O)(=O)c2ccccc2)n1. The highest BCUT2D eigenvalue weighted by Gasteiger charge is 2.33. The molecule has 5 nitrogen and oxygen atoms in total. The molecular formula is C14H14F3N3O2S. The number of nitrogens with zero attached hydrogens (tertiary/aromatic N) is 2. The lowest BCUT2D eigenvalue weighted by Gasteiger charge is -2.09. The van der Waals surface area contributed by atoms with Crippen LogP contribution in [0.3, 0.4) is 0 Å². The van der Waals surface area contributed by atoms with Crippen molar-refractivity contribution in [1.29, 1.82) is 0 Å². The normalized spacial score (nSPS) is 12.3. The molecule has 0 aliphatic carbocycles. The summed E-state index contributed by atoms with van der Waals surface area (Å²) in [4.78, 5) is 7.40. The van der Waals surface area contributed by atoms with Crippen LogP contribution in [0.25, 0.3) is 0 Å². The molecule has 23 heavy (non-hydrogen) atoms. The Kier molecular flexibility index (Phi) is 5.00. The summed E-state index contributed by atoms with van der Waals surface area (Å²) in [5.74, 6) is -0.0620. The van der Waals surface area contributed by atoms with Gasteiger partial charge in [0.05, 0.1) is 4.90 Å². The zero-order valence-electron chi connectivity index (χ0n) is 12.1. The van der Waals surface area contributed by atoms with Crippen LogP contribution in [0.5, 0.6) is 0 Å². The fourth-order valence-electron chi connectivity index (χ4n) is 1.87. The Balaban J connectivity index is 2.06. The molecule has 2 aromatic rings. The number of aryl methyl sites for hydroxylation is 1. The van der Waals surface area contributed by atoms with Crippen LogP contribution in [-0.4, -0.2) is 24.9 Å². The van der Waals surface area contributed by atoms with E-state index in [0.29, 0.717) is 0 Å². The van der Waals surface area contributed by atoms with Crippen molar-refractivity contribution < 1.29 is 21.6 Å². The number of hydrogen-bond donors (Lipinski definition) is 1. The minimum Gasteiger partial charge on any atom is -0.238 e. The van der Waals surface area contributed by atoms with Gasteiger partial charge in [0.1, 0.15) is 11.5 Å². The van der Waals surface area contributed by atoms with E-state index in [-0.39, 0.29) is 29.4 Å². The van der Waals surface area contributed by atoms with Crippen molar-refractivity contribution in [2.45, 2.75) is 24.4 Å². The third-order valence-corrected chi connectivity index (χ3v) is 4.36. The van der Waals surface area contributed by atoms with Gasteiger partial charge in [-0.2, -0.15) is 13.2 Å². The summed E-state index contributed by atoms with van der Waals surface area (Å²) in [6.45, 7) is 1.33. The van der Waals surface area contributed by atoms with E-state index in [4.69, 9.17) is 0 Å². The molecular weight excluding hydrogens is 331 g/mol. The van der Waals surface area contributed by atoms with E-state index >= 15 is 0 Å². The quantitative estimate of drug-likeness (QED) is 0.903. The molecule has 0 unspecified atom stereocenters. The number of hydrogen-bond acceptors (Lipinski definition) is 4. The molecule has 0 spiro atoms. The average molecular weight is 345 g/mol. The molecule has 1 N–H and O–H groups in total. The van der Waals surface area contributed by atoms with Crippen molar-refractivity contribution in [1.82, 2.24) is 14.7 Å². The summed E-state index contributed by atoms with van der Waals surface area (Å²) in [7, 11) is -3.71. The van der Waals surface area contributed by atoms with E-state index in [2.05, 4.69) is 14.7 Å². The Bertz CT molecular complexity index is 778. The highest BCUT2D eigenvalue weighted by molar-refractivity contribution is 7.89. The summed E-state index contributed by atoms with van der Waals surface area (Å²) in [5.41, 5.74) is -0.862. The van der Waals surface area contributed by atoms with Crippen LogP contribution < -0.4 is 4.72 Å². The molecule has 0 saturated heterocycles. The van der Waals surface area contributed by atoms with E-state index in [1.165, 1.54) is 19.1 Å². The van der Waals surface area contributed by atoms with Gasteiger partial charge in [-0.25, -0.2) is 23.1 Å². The van der Waals surface area contributed by atoms with Gasteiger partial charge in [-0.3, -0.25) is 0 Å². The summed E-state index contributed by atoms with van der Waals surface area (Å²) >= 11 is 0. The fraction of sp³-hybridized carbons (Fsp3) is 0.286. The Morgan fingerprint density at radius 1 is 1.13 bits per heavy atom. The van der Waals surface area contributed by atoms with Gasteiger partial charge in [0.15, 0.2) is 0 Å². The largest absolute Gasteiger partial charge is 0.433 e. The van der Waals surface area contributed by atoms with E-state index < -0.39 is 21.9 Å². The van der Waals surface area contributed by atoms with E-state index in [1.807, 2.05) is 0 Å². The van der Waals surface area contributed by atoms with E-state index in [0.717, 1.165) is 6.07 Å². The summed E-state index contributed by atoms with van der Waals surface area (Å²) in [6, 6.07) is 8.53. The molecule has 0 aliphatic rings. The number of alkyl halides is 3. The monoisotopic (exact) mass is 345 g/mol. The number of sulfonamides is 1. The number of rotatable bonds is 5. The fourth-order valence-corrected chi connectivity index (χ4v) is 2.92. The molecule has 1 aromatic carbocycles. The van der Waals surface area contributed by atoms with Gasteiger partial charge in [0.2, 0.25) is 10.0 Å². The van der Waals surface area contributed by atoms with Gasteiger partial charge in [-0.1, -0.05) is 18.2 Å². The Labute approximate surface area is 131 Å². The van der Waals surface area contributed by atoms with Crippen LogP contribution in [-0.2, 0) is 22.6 Å². The van der Waals surface area contributed by atoms with Gasteiger partial charge in [0.25, 0.3) is 0 Å². The maximum absolute atomic E-state index is 12.7. The number of aromatic nitrogens is 2. The van der Waals surface area contributed by atoms with E-state index in [9.17, 15) is 21.6 Å². The molecule has 0 radical (unpaired) electrons. The average Bonchev–Trinajstić information content (AvgIpc) is 2.46. The van der Waals surface area contributed by atoms with Crippen LogP contribution in [0.4, 0.5) is 13.2 Å². The second-order valence-corrected chi connectivity index (χ2v) is 6.54. The molecule has 124 valence electrons. The first-order chi connectivity index (χ1) is 10.7. The van der Waals surface area contributed by atoms with Crippen LogP contribution in [0.15, 0.2) is 41.3 Å². The Hall–Kier alpha value is -2.00. The van der Waals surface area contributed by atoms with Crippen molar-refractivity contribution in [3.8, 4) is 0 Å². The second-order valence-electron chi connectivity index (χ2n) is 4.77. The van der Waals surface area contributed by atoms with Crippen LogP contribution in [0, 0.1) is 6.92 Å². The molecule has 0 fully saturated rings. The topological polar surface area (TPSA) is 72.0 Å². The van der Waals surface area contributed by atoms with Gasteiger partial charge < -0.3 is 0 Å². The van der Waals surface area contributed by atoms with E-state index in [1.54, 1.807) is 18.2 Å². The molecule has 0 saturated carbocycles. The molecule has 0 atom stereocenters. The maximum atomic E-state index is 12.7. The minimum atomic E-state index is -4.56. The van der Waals surface area contributed by atoms with Gasteiger partial charge in [-0.15, -0.1) is 0 Å². The van der Waals surface area contributed by atoms with Crippen LogP contribution >= 0.6 is 0 Å². The van der Waals surface area contributed by atoms with Crippen molar-refractivity contribution in [2.24, 2.45) is 0 Å². The lowest BCUT2D eigenvalue weighted by atomic mass is 10.3. The summed E-state index contributed by atoms with van der Waals surface area (Å²) in [6.07, 6.45) is -4.61. The Morgan fingerprint density at radius 3 is 2.39 bits per heavy atom. The predicted octanol–water partition coefficient (Wildman–Crippen LogP) is 2.32. The van der Waals surface area contributed by atoms with Gasteiger partial charge >= 0.3 is 6.18 Å². The van der Waals surface area contributed by atoms with Crippen molar-refractivity contribution >= 4 is 10.0 Å². The first-order valence-electron chi connectivity index (χ1n) is 6.65. The number of halogens is 3. The zero-order chi connectivity index (χ0) is 17.1. The van der Waals surface area contributed by atoms with Crippen molar-refractivity contribution in [3.05, 3.63) is 53.6 Å². The molecule has 0 amide bonds. The summed E-state index contributed by atoms with van der Waals surface area (Å²) < 4.78 is 64.3. The Morgan fingerprint density at radius 2 is 1.78 bits per heavy atom. The first-order valence-corrected chi connectivity index (χ1v) is 8.13. The van der Waals surface area contributed by atoms with Gasteiger partial charge in [0, 0.05) is 18.7 Å². The number of nitrogens with one attached hydrogen (secondary N) is 1.